The van der Waals surface area contributed by atoms with E-state index in [0.29, 0.717) is 29.0 Å². The summed E-state index contributed by atoms with van der Waals surface area (Å²) in [6.07, 6.45) is 2.58. The highest BCUT2D eigenvalue weighted by Crippen LogP contribution is 2.24. The van der Waals surface area contributed by atoms with Gasteiger partial charge in [0.05, 0.1) is 7.11 Å². The van der Waals surface area contributed by atoms with Gasteiger partial charge in [0.15, 0.2) is 0 Å². The van der Waals surface area contributed by atoms with E-state index in [4.69, 9.17) is 4.74 Å². The highest BCUT2D eigenvalue weighted by atomic mass is 19.1. The number of carbonyl (C=O) groups excluding carboxylic acids is 1. The van der Waals surface area contributed by atoms with Gasteiger partial charge in [0, 0.05) is 12.1 Å². The maximum atomic E-state index is 14.2. The number of ether oxygens (including phenoxy) is 1. The SMILES string of the molecule is CCc1ccccc1NC(=O)/C(C#N)=C/c1ccc(OC)cc1Cc1ccccc1F. The maximum Gasteiger partial charge on any atom is 0.266 e. The van der Waals surface area contributed by atoms with Crippen LogP contribution >= 0.6 is 0 Å². The normalized spacial score (nSPS) is 11.0. The van der Waals surface area contributed by atoms with Crippen molar-refractivity contribution in [3.05, 3.63) is 100 Å². The summed E-state index contributed by atoms with van der Waals surface area (Å²) in [7, 11) is 1.55. The molecular weight excluding hydrogens is 391 g/mol. The lowest BCUT2D eigenvalue weighted by Crippen LogP contribution is -2.14. The fraction of sp³-hybridized carbons (Fsp3) is 0.154. The molecule has 0 aliphatic carbocycles. The Kier molecular flexibility index (Phi) is 7.18. The first-order valence-corrected chi connectivity index (χ1v) is 9.97. The van der Waals surface area contributed by atoms with Crippen molar-refractivity contribution in [1.29, 1.82) is 5.26 Å². The number of amides is 1. The standard InChI is InChI=1S/C26H23FN2O2/c1-3-18-8-5-7-11-25(18)29-26(30)22(17-28)14-19-12-13-23(31-2)16-21(19)15-20-9-4-6-10-24(20)27/h4-14,16H,3,15H2,1-2H3,(H,29,30)/b22-14+. The van der Waals surface area contributed by atoms with Gasteiger partial charge in [-0.05, 0) is 59.0 Å². The molecule has 3 aromatic rings. The number of anilines is 1. The van der Waals surface area contributed by atoms with Crippen molar-refractivity contribution < 1.29 is 13.9 Å². The van der Waals surface area contributed by atoms with Gasteiger partial charge in [0.2, 0.25) is 0 Å². The van der Waals surface area contributed by atoms with E-state index in [9.17, 15) is 14.4 Å². The predicted molar refractivity (Wildman–Crippen MR) is 120 cm³/mol. The Labute approximate surface area is 181 Å². The molecule has 0 atom stereocenters. The van der Waals surface area contributed by atoms with E-state index < -0.39 is 5.91 Å². The molecule has 5 heteroatoms. The first kappa shape index (κ1) is 21.8. The quantitative estimate of drug-likeness (QED) is 0.408. The number of nitriles is 1. The highest BCUT2D eigenvalue weighted by Gasteiger charge is 2.14. The average Bonchev–Trinajstić information content (AvgIpc) is 2.79. The van der Waals surface area contributed by atoms with Crippen molar-refractivity contribution in [2.75, 3.05) is 12.4 Å². The first-order valence-electron chi connectivity index (χ1n) is 9.97. The largest absolute Gasteiger partial charge is 0.497 e. The van der Waals surface area contributed by atoms with E-state index in [-0.39, 0.29) is 11.4 Å². The van der Waals surface area contributed by atoms with Gasteiger partial charge < -0.3 is 10.1 Å². The topological polar surface area (TPSA) is 62.1 Å². The van der Waals surface area contributed by atoms with Crippen LogP contribution in [-0.4, -0.2) is 13.0 Å². The molecule has 3 aromatic carbocycles. The van der Waals surface area contributed by atoms with Crippen molar-refractivity contribution in [3.8, 4) is 11.8 Å². The summed E-state index contributed by atoms with van der Waals surface area (Å²) < 4.78 is 19.5. The van der Waals surface area contributed by atoms with Crippen LogP contribution in [0.2, 0.25) is 0 Å². The Morgan fingerprint density at radius 1 is 1.06 bits per heavy atom. The number of aryl methyl sites for hydroxylation is 1. The third-order valence-electron chi connectivity index (χ3n) is 5.00. The second kappa shape index (κ2) is 10.2. The zero-order valence-electron chi connectivity index (χ0n) is 17.5. The van der Waals surface area contributed by atoms with E-state index in [1.807, 2.05) is 37.3 Å². The molecule has 156 valence electrons. The van der Waals surface area contributed by atoms with Crippen LogP contribution in [0.5, 0.6) is 5.75 Å². The van der Waals surface area contributed by atoms with Gasteiger partial charge in [0.25, 0.3) is 5.91 Å². The second-order valence-corrected chi connectivity index (χ2v) is 6.97. The van der Waals surface area contributed by atoms with Crippen molar-refractivity contribution in [3.63, 3.8) is 0 Å². The molecule has 0 saturated heterocycles. The summed E-state index contributed by atoms with van der Waals surface area (Å²) in [6.45, 7) is 2.00. The van der Waals surface area contributed by atoms with E-state index in [1.165, 1.54) is 12.1 Å². The van der Waals surface area contributed by atoms with E-state index in [2.05, 4.69) is 5.32 Å². The fourth-order valence-corrected chi connectivity index (χ4v) is 3.29. The Bertz CT molecular complexity index is 1160. The number of carbonyl (C=O) groups is 1. The van der Waals surface area contributed by atoms with Crippen molar-refractivity contribution in [2.24, 2.45) is 0 Å². The van der Waals surface area contributed by atoms with Crippen LogP contribution in [0.3, 0.4) is 0 Å². The Balaban J connectivity index is 1.95. The van der Waals surface area contributed by atoms with Crippen LogP contribution in [0.4, 0.5) is 10.1 Å². The zero-order valence-corrected chi connectivity index (χ0v) is 17.5. The second-order valence-electron chi connectivity index (χ2n) is 6.97. The Morgan fingerprint density at radius 3 is 2.45 bits per heavy atom. The third-order valence-corrected chi connectivity index (χ3v) is 5.00. The summed E-state index contributed by atoms with van der Waals surface area (Å²) in [5.74, 6) is -0.186. The summed E-state index contributed by atoms with van der Waals surface area (Å²) in [5.41, 5.74) is 3.55. The number of halogens is 1. The number of benzene rings is 3. The molecule has 0 radical (unpaired) electrons. The molecule has 1 N–H and O–H groups in total. The molecule has 0 aliphatic heterocycles. The number of hydrogen-bond donors (Lipinski definition) is 1. The highest BCUT2D eigenvalue weighted by molar-refractivity contribution is 6.10. The Hall–Kier alpha value is -3.91. The van der Waals surface area contributed by atoms with Gasteiger partial charge in [0.1, 0.15) is 23.2 Å². The van der Waals surface area contributed by atoms with Gasteiger partial charge >= 0.3 is 0 Å². The van der Waals surface area contributed by atoms with Crippen molar-refractivity contribution >= 4 is 17.7 Å². The van der Waals surface area contributed by atoms with Crippen molar-refractivity contribution in [1.82, 2.24) is 0 Å². The predicted octanol–water partition coefficient (Wildman–Crippen LogP) is 5.53. The molecule has 0 spiro atoms. The molecule has 0 aliphatic rings. The Morgan fingerprint density at radius 2 is 1.77 bits per heavy atom. The number of nitrogens with one attached hydrogen (secondary N) is 1. The van der Waals surface area contributed by atoms with Crippen LogP contribution in [-0.2, 0) is 17.6 Å². The minimum absolute atomic E-state index is 0.0362. The van der Waals surface area contributed by atoms with E-state index in [0.717, 1.165) is 17.5 Å². The molecule has 0 saturated carbocycles. The summed E-state index contributed by atoms with van der Waals surface area (Å²) in [6, 6.07) is 21.3. The number of nitrogens with zero attached hydrogens (tertiary/aromatic N) is 1. The average molecular weight is 414 g/mol. The number of para-hydroxylation sites is 1. The minimum Gasteiger partial charge on any atom is -0.497 e. The van der Waals surface area contributed by atoms with Gasteiger partial charge in [-0.25, -0.2) is 4.39 Å². The van der Waals surface area contributed by atoms with Gasteiger partial charge in [-0.2, -0.15) is 5.26 Å². The summed E-state index contributed by atoms with van der Waals surface area (Å²) in [5, 5.41) is 12.4. The lowest BCUT2D eigenvalue weighted by molar-refractivity contribution is -0.112. The van der Waals surface area contributed by atoms with Gasteiger partial charge in [-0.3, -0.25) is 4.79 Å². The summed E-state index contributed by atoms with van der Waals surface area (Å²) >= 11 is 0. The fourth-order valence-electron chi connectivity index (χ4n) is 3.29. The lowest BCUT2D eigenvalue weighted by Gasteiger charge is -2.11. The molecule has 0 unspecified atom stereocenters. The molecule has 3 rings (SSSR count). The number of hydrogen-bond acceptors (Lipinski definition) is 3. The molecule has 0 fully saturated rings. The third kappa shape index (κ3) is 5.37. The van der Waals surface area contributed by atoms with Crippen molar-refractivity contribution in [2.45, 2.75) is 19.8 Å². The van der Waals surface area contributed by atoms with Crippen LogP contribution < -0.4 is 10.1 Å². The smallest absolute Gasteiger partial charge is 0.266 e. The van der Waals surface area contributed by atoms with Gasteiger partial charge in [-0.15, -0.1) is 0 Å². The maximum absolute atomic E-state index is 14.2. The summed E-state index contributed by atoms with van der Waals surface area (Å²) in [4.78, 5) is 12.8. The zero-order chi connectivity index (χ0) is 22.2. The molecule has 31 heavy (non-hydrogen) atoms. The monoisotopic (exact) mass is 414 g/mol. The van der Waals surface area contributed by atoms with E-state index >= 15 is 0 Å². The molecule has 0 aromatic heterocycles. The number of methoxy groups -OCH3 is 1. The van der Waals surface area contributed by atoms with Gasteiger partial charge in [-0.1, -0.05) is 49.4 Å². The van der Waals surface area contributed by atoms with Crippen LogP contribution in [0, 0.1) is 17.1 Å². The molecule has 1 amide bonds. The molecule has 4 nitrogen and oxygen atoms in total. The first-order chi connectivity index (χ1) is 15.0. The van der Waals surface area contributed by atoms with Crippen LogP contribution in [0.1, 0.15) is 29.2 Å². The van der Waals surface area contributed by atoms with Crippen LogP contribution in [0.25, 0.3) is 6.08 Å². The van der Waals surface area contributed by atoms with E-state index in [1.54, 1.807) is 43.5 Å². The molecular formula is C26H23FN2O2. The minimum atomic E-state index is -0.490. The lowest BCUT2D eigenvalue weighted by atomic mass is 9.97. The van der Waals surface area contributed by atoms with Crippen LogP contribution in [0.15, 0.2) is 72.3 Å². The number of rotatable bonds is 7. The molecule has 0 bridgehead atoms. The molecule has 0 heterocycles.